The smallest absolute Gasteiger partial charge is 0.316 e. The molecule has 1 aliphatic carbocycles. The van der Waals surface area contributed by atoms with Gasteiger partial charge in [-0.25, -0.2) is 4.98 Å². The summed E-state index contributed by atoms with van der Waals surface area (Å²) in [4.78, 5) is 31.0. The number of nitrogens with zero attached hydrogens (tertiary/aromatic N) is 2. The number of Topliss-reactive ketones (excluding diaryl/α,β-unsaturated/α-hetero) is 1. The van der Waals surface area contributed by atoms with Crippen molar-refractivity contribution in [1.29, 1.82) is 0 Å². The molecule has 5 nitrogen and oxygen atoms in total. The maximum atomic E-state index is 11.4. The highest BCUT2D eigenvalue weighted by Gasteiger charge is 2.53. The van der Waals surface area contributed by atoms with Crippen LogP contribution in [0.25, 0.3) is 11.0 Å². The highest BCUT2D eigenvalue weighted by atomic mass is 16.4. The number of rotatable bonds is 2. The number of para-hydroxylation sites is 2. The molecule has 18 heavy (non-hydrogen) atoms. The van der Waals surface area contributed by atoms with E-state index in [1.54, 1.807) is 6.07 Å². The summed E-state index contributed by atoms with van der Waals surface area (Å²) in [7, 11) is 0. The average Bonchev–Trinajstić information content (AvgIpc) is 2.34. The molecule has 1 aliphatic rings. The minimum atomic E-state index is -1.17. The Bertz CT molecular complexity index is 658. The number of ketones is 1. The highest BCUT2D eigenvalue weighted by molar-refractivity contribution is 6.01. The van der Waals surface area contributed by atoms with E-state index >= 15 is 0 Å². The number of hydrogen-bond donors (Lipinski definition) is 1. The van der Waals surface area contributed by atoms with Crippen molar-refractivity contribution >= 4 is 22.8 Å². The van der Waals surface area contributed by atoms with Gasteiger partial charge in [0.15, 0.2) is 0 Å². The van der Waals surface area contributed by atoms with Crippen molar-refractivity contribution in [2.45, 2.75) is 18.3 Å². The monoisotopic (exact) mass is 242 g/mol. The van der Waals surface area contributed by atoms with E-state index in [4.69, 9.17) is 0 Å². The van der Waals surface area contributed by atoms with Gasteiger partial charge in [0.2, 0.25) is 0 Å². The zero-order valence-corrected chi connectivity index (χ0v) is 9.46. The summed E-state index contributed by atoms with van der Waals surface area (Å²) in [5.41, 5.74) is 0.560. The number of carbonyl (C=O) groups is 2. The van der Waals surface area contributed by atoms with Gasteiger partial charge in [-0.1, -0.05) is 12.1 Å². The number of carboxylic acid groups (broad SMARTS) is 1. The second-order valence-corrected chi connectivity index (χ2v) is 4.52. The van der Waals surface area contributed by atoms with Crippen molar-refractivity contribution in [3.63, 3.8) is 0 Å². The van der Waals surface area contributed by atoms with E-state index in [1.807, 2.05) is 18.2 Å². The van der Waals surface area contributed by atoms with Crippen molar-refractivity contribution in [2.24, 2.45) is 0 Å². The lowest BCUT2D eigenvalue weighted by molar-refractivity contribution is -0.153. The van der Waals surface area contributed by atoms with E-state index in [9.17, 15) is 14.7 Å². The Hall–Kier alpha value is -2.30. The van der Waals surface area contributed by atoms with Crippen molar-refractivity contribution < 1.29 is 14.7 Å². The fourth-order valence-electron chi connectivity index (χ4n) is 2.25. The Morgan fingerprint density at radius 3 is 2.50 bits per heavy atom. The van der Waals surface area contributed by atoms with Gasteiger partial charge in [-0.3, -0.25) is 14.6 Å². The van der Waals surface area contributed by atoms with Gasteiger partial charge in [-0.15, -0.1) is 0 Å². The average molecular weight is 242 g/mol. The number of carbonyl (C=O) groups excluding carboxylic acids is 1. The van der Waals surface area contributed by atoms with Crippen LogP contribution in [0.15, 0.2) is 30.5 Å². The third kappa shape index (κ3) is 1.40. The van der Waals surface area contributed by atoms with E-state index in [0.29, 0.717) is 16.7 Å². The molecule has 90 valence electrons. The van der Waals surface area contributed by atoms with Crippen LogP contribution >= 0.6 is 0 Å². The number of carboxylic acids is 1. The SMILES string of the molecule is O=C1CC(C(=O)O)(c2cnc3ccccc3n2)C1. The number of aliphatic carboxylic acids is 1. The summed E-state index contributed by atoms with van der Waals surface area (Å²) < 4.78 is 0. The van der Waals surface area contributed by atoms with Crippen LogP contribution in [0.1, 0.15) is 18.5 Å². The minimum Gasteiger partial charge on any atom is -0.481 e. The second-order valence-electron chi connectivity index (χ2n) is 4.52. The fourth-order valence-corrected chi connectivity index (χ4v) is 2.25. The summed E-state index contributed by atoms with van der Waals surface area (Å²) in [5.74, 6) is -1.06. The first-order valence-electron chi connectivity index (χ1n) is 5.59. The van der Waals surface area contributed by atoms with Gasteiger partial charge in [0.1, 0.15) is 11.2 Å². The molecule has 2 aromatic rings. The summed E-state index contributed by atoms with van der Waals surface area (Å²) in [6.07, 6.45) is 1.48. The molecule has 5 heteroatoms. The zero-order chi connectivity index (χ0) is 12.8. The summed E-state index contributed by atoms with van der Waals surface area (Å²) in [5, 5.41) is 9.31. The molecule has 0 amide bonds. The van der Waals surface area contributed by atoms with Crippen molar-refractivity contribution in [3.05, 3.63) is 36.2 Å². The van der Waals surface area contributed by atoms with Crippen LogP contribution < -0.4 is 0 Å². The van der Waals surface area contributed by atoms with Gasteiger partial charge in [0, 0.05) is 12.8 Å². The van der Waals surface area contributed by atoms with Crippen LogP contribution in [-0.4, -0.2) is 26.8 Å². The van der Waals surface area contributed by atoms with E-state index < -0.39 is 11.4 Å². The standard InChI is InChI=1S/C13H10N2O3/c16-8-5-13(6-8,12(17)18)11-7-14-9-3-1-2-4-10(9)15-11/h1-4,7H,5-6H2,(H,17,18). The second kappa shape index (κ2) is 3.60. The van der Waals surface area contributed by atoms with Crippen LogP contribution in [0.5, 0.6) is 0 Å². The minimum absolute atomic E-state index is 0.00928. The Morgan fingerprint density at radius 2 is 1.89 bits per heavy atom. The van der Waals surface area contributed by atoms with Crippen LogP contribution in [0.4, 0.5) is 0 Å². The lowest BCUT2D eigenvalue weighted by Gasteiger charge is -2.35. The van der Waals surface area contributed by atoms with Crippen LogP contribution in [0, 0.1) is 0 Å². The van der Waals surface area contributed by atoms with Gasteiger partial charge in [-0.2, -0.15) is 0 Å². The quantitative estimate of drug-likeness (QED) is 0.858. The van der Waals surface area contributed by atoms with Crippen molar-refractivity contribution in [1.82, 2.24) is 9.97 Å². The summed E-state index contributed by atoms with van der Waals surface area (Å²) in [6.45, 7) is 0. The molecule has 0 unspecified atom stereocenters. The topological polar surface area (TPSA) is 80.2 Å². The lowest BCUT2D eigenvalue weighted by atomic mass is 9.66. The predicted molar refractivity (Wildman–Crippen MR) is 63.1 cm³/mol. The molecule has 1 aromatic carbocycles. The molecule has 0 saturated heterocycles. The van der Waals surface area contributed by atoms with Crippen LogP contribution in [-0.2, 0) is 15.0 Å². The Balaban J connectivity index is 2.13. The van der Waals surface area contributed by atoms with Crippen molar-refractivity contribution in [2.75, 3.05) is 0 Å². The molecular formula is C13H10N2O3. The molecule has 1 heterocycles. The third-order valence-electron chi connectivity index (χ3n) is 3.35. The van der Waals surface area contributed by atoms with Gasteiger partial charge >= 0.3 is 5.97 Å². The van der Waals surface area contributed by atoms with Crippen LogP contribution in [0.3, 0.4) is 0 Å². The van der Waals surface area contributed by atoms with E-state index in [1.165, 1.54) is 6.20 Å². The van der Waals surface area contributed by atoms with E-state index in [2.05, 4.69) is 9.97 Å². The van der Waals surface area contributed by atoms with E-state index in [0.717, 1.165) is 0 Å². The molecule has 0 atom stereocenters. The highest BCUT2D eigenvalue weighted by Crippen LogP contribution is 2.40. The molecule has 1 N–H and O–H groups in total. The third-order valence-corrected chi connectivity index (χ3v) is 3.35. The molecule has 3 rings (SSSR count). The number of hydrogen-bond acceptors (Lipinski definition) is 4. The Kier molecular flexibility index (Phi) is 2.16. The molecular weight excluding hydrogens is 232 g/mol. The Labute approximate surface area is 102 Å². The maximum Gasteiger partial charge on any atom is 0.316 e. The fraction of sp³-hybridized carbons (Fsp3) is 0.231. The maximum absolute atomic E-state index is 11.4. The number of aromatic nitrogens is 2. The molecule has 0 bridgehead atoms. The number of benzene rings is 1. The van der Waals surface area contributed by atoms with Crippen molar-refractivity contribution in [3.8, 4) is 0 Å². The summed E-state index contributed by atoms with van der Waals surface area (Å²) in [6, 6.07) is 7.25. The van der Waals surface area contributed by atoms with Gasteiger partial charge in [0.25, 0.3) is 0 Å². The first kappa shape index (κ1) is 10.8. The van der Waals surface area contributed by atoms with E-state index in [-0.39, 0.29) is 18.6 Å². The molecule has 1 fully saturated rings. The van der Waals surface area contributed by atoms with Gasteiger partial charge in [0.05, 0.1) is 22.9 Å². The first-order valence-corrected chi connectivity index (χ1v) is 5.59. The molecule has 0 radical (unpaired) electrons. The summed E-state index contributed by atoms with van der Waals surface area (Å²) >= 11 is 0. The lowest BCUT2D eigenvalue weighted by Crippen LogP contribution is -2.48. The Morgan fingerprint density at radius 1 is 1.22 bits per heavy atom. The molecule has 1 saturated carbocycles. The number of fused-ring (bicyclic) bond motifs is 1. The first-order chi connectivity index (χ1) is 8.62. The molecule has 1 aromatic heterocycles. The van der Waals surface area contributed by atoms with Crippen LogP contribution in [0.2, 0.25) is 0 Å². The normalized spacial score (nSPS) is 17.4. The molecule has 0 spiro atoms. The predicted octanol–water partition coefficient (Wildman–Crippen LogP) is 1.32. The van der Waals surface area contributed by atoms with Gasteiger partial charge < -0.3 is 5.11 Å². The largest absolute Gasteiger partial charge is 0.481 e. The van der Waals surface area contributed by atoms with Gasteiger partial charge in [-0.05, 0) is 12.1 Å². The zero-order valence-electron chi connectivity index (χ0n) is 9.46. The molecule has 0 aliphatic heterocycles.